The highest BCUT2D eigenvalue weighted by Crippen LogP contribution is 2.25. The van der Waals surface area contributed by atoms with Crippen molar-refractivity contribution in [2.45, 2.75) is 0 Å². The maximum absolute atomic E-state index is 12.3. The highest BCUT2D eigenvalue weighted by atomic mass is 32.1. The van der Waals surface area contributed by atoms with E-state index in [0.29, 0.717) is 29.6 Å². The first-order valence-electron chi connectivity index (χ1n) is 8.15. The number of carbonyl (C=O) groups excluding carboxylic acids is 1. The van der Waals surface area contributed by atoms with E-state index >= 15 is 0 Å². The predicted octanol–water partition coefficient (Wildman–Crippen LogP) is 2.47. The summed E-state index contributed by atoms with van der Waals surface area (Å²) in [4.78, 5) is 32.0. The molecule has 0 aromatic carbocycles. The van der Waals surface area contributed by atoms with Crippen LogP contribution in [0.15, 0.2) is 54.2 Å². The van der Waals surface area contributed by atoms with Crippen LogP contribution >= 0.6 is 11.3 Å². The molecule has 0 unspecified atom stereocenters. The van der Waals surface area contributed by atoms with E-state index in [1.807, 2.05) is 28.5 Å². The van der Waals surface area contributed by atoms with E-state index in [4.69, 9.17) is 0 Å². The third-order valence-corrected chi connectivity index (χ3v) is 4.60. The Kier molecular flexibility index (Phi) is 4.76. The zero-order valence-corrected chi connectivity index (χ0v) is 14.7. The number of nitrogens with one attached hydrogen (secondary N) is 1. The maximum Gasteiger partial charge on any atom is 0.239 e. The van der Waals surface area contributed by atoms with Crippen molar-refractivity contribution < 1.29 is 4.79 Å². The number of hydrogen-bond donors (Lipinski definition) is 1. The van der Waals surface area contributed by atoms with Gasteiger partial charge in [-0.3, -0.25) is 14.7 Å². The summed E-state index contributed by atoms with van der Waals surface area (Å²) in [6, 6.07) is 7.29. The highest BCUT2D eigenvalue weighted by molar-refractivity contribution is 7.13. The molecule has 0 spiro atoms. The molecule has 26 heavy (non-hydrogen) atoms. The highest BCUT2D eigenvalue weighted by Gasteiger charge is 2.15. The SMILES string of the molecule is O=C(CN1CC=CC1)Nc1cc(-c2nccs2)nc(-c2ccccn2)n1. The van der Waals surface area contributed by atoms with Crippen LogP contribution in [0.25, 0.3) is 22.2 Å². The normalized spacial score (nSPS) is 13.8. The molecule has 0 saturated heterocycles. The Morgan fingerprint density at radius 1 is 1.12 bits per heavy atom. The zero-order valence-electron chi connectivity index (χ0n) is 13.9. The number of aromatic nitrogens is 4. The van der Waals surface area contributed by atoms with Crippen LogP contribution in [0.5, 0.6) is 0 Å². The fourth-order valence-corrected chi connectivity index (χ4v) is 3.21. The Bertz CT molecular complexity index is 918. The minimum absolute atomic E-state index is 0.107. The molecule has 130 valence electrons. The minimum atomic E-state index is -0.107. The molecular weight excluding hydrogens is 348 g/mol. The number of anilines is 1. The molecule has 1 N–H and O–H groups in total. The van der Waals surface area contributed by atoms with Gasteiger partial charge in [0.1, 0.15) is 22.2 Å². The molecule has 3 aromatic heterocycles. The molecule has 4 rings (SSSR count). The number of hydrogen-bond acceptors (Lipinski definition) is 7. The van der Waals surface area contributed by atoms with Gasteiger partial charge in [-0.1, -0.05) is 18.2 Å². The number of carbonyl (C=O) groups is 1. The van der Waals surface area contributed by atoms with Crippen molar-refractivity contribution in [2.75, 3.05) is 25.0 Å². The molecule has 0 saturated carbocycles. The summed E-state index contributed by atoms with van der Waals surface area (Å²) >= 11 is 1.48. The second kappa shape index (κ2) is 7.51. The van der Waals surface area contributed by atoms with Crippen LogP contribution in [0.1, 0.15) is 0 Å². The Morgan fingerprint density at radius 3 is 2.73 bits per heavy atom. The van der Waals surface area contributed by atoms with Gasteiger partial charge >= 0.3 is 0 Å². The van der Waals surface area contributed by atoms with Gasteiger partial charge < -0.3 is 5.32 Å². The molecule has 0 radical (unpaired) electrons. The summed E-state index contributed by atoms with van der Waals surface area (Å²) in [6.07, 6.45) is 7.52. The lowest BCUT2D eigenvalue weighted by Crippen LogP contribution is -2.31. The Labute approximate surface area is 154 Å². The average molecular weight is 364 g/mol. The standard InChI is InChI=1S/C18H16N6OS/c25-16(12-24-8-3-4-9-24)22-15-11-14(18-20-7-10-26-18)21-17(23-15)13-5-1-2-6-19-13/h1-7,10-11H,8-9,12H2,(H,21,22,23,25). The lowest BCUT2D eigenvalue weighted by Gasteiger charge is -2.14. The van der Waals surface area contributed by atoms with Crippen molar-refractivity contribution in [1.82, 2.24) is 24.8 Å². The maximum atomic E-state index is 12.3. The van der Waals surface area contributed by atoms with Gasteiger partial charge in [0, 0.05) is 36.9 Å². The van der Waals surface area contributed by atoms with E-state index in [1.165, 1.54) is 11.3 Å². The van der Waals surface area contributed by atoms with Crippen molar-refractivity contribution in [3.63, 3.8) is 0 Å². The molecule has 8 heteroatoms. The number of pyridine rings is 1. The van der Waals surface area contributed by atoms with E-state index in [-0.39, 0.29) is 5.91 Å². The summed E-state index contributed by atoms with van der Waals surface area (Å²) in [7, 11) is 0. The van der Waals surface area contributed by atoms with Gasteiger partial charge in [-0.25, -0.2) is 15.0 Å². The fraction of sp³-hybridized carbons (Fsp3) is 0.167. The quantitative estimate of drug-likeness (QED) is 0.700. The average Bonchev–Trinajstić information content (AvgIpc) is 3.36. The first kappa shape index (κ1) is 16.5. The number of amides is 1. The topological polar surface area (TPSA) is 83.9 Å². The van der Waals surface area contributed by atoms with E-state index < -0.39 is 0 Å². The Morgan fingerprint density at radius 2 is 2.00 bits per heavy atom. The second-order valence-corrected chi connectivity index (χ2v) is 6.62. The fourth-order valence-electron chi connectivity index (χ4n) is 2.62. The lowest BCUT2D eigenvalue weighted by molar-refractivity contribution is -0.117. The summed E-state index contributed by atoms with van der Waals surface area (Å²) in [5.41, 5.74) is 1.30. The molecule has 1 amide bonds. The van der Waals surface area contributed by atoms with Crippen LogP contribution in [0.4, 0.5) is 5.82 Å². The van der Waals surface area contributed by atoms with E-state index in [2.05, 4.69) is 37.4 Å². The molecule has 7 nitrogen and oxygen atoms in total. The zero-order chi connectivity index (χ0) is 17.8. The number of nitrogens with zero attached hydrogens (tertiary/aromatic N) is 5. The molecule has 3 aromatic rings. The predicted molar refractivity (Wildman–Crippen MR) is 101 cm³/mol. The van der Waals surface area contributed by atoms with Crippen LogP contribution in [0.2, 0.25) is 0 Å². The van der Waals surface area contributed by atoms with Crippen LogP contribution in [0, 0.1) is 0 Å². The van der Waals surface area contributed by atoms with E-state index in [9.17, 15) is 4.79 Å². The Hall–Kier alpha value is -2.97. The van der Waals surface area contributed by atoms with Crippen molar-refractivity contribution in [3.8, 4) is 22.2 Å². The first-order valence-corrected chi connectivity index (χ1v) is 9.03. The largest absolute Gasteiger partial charge is 0.309 e. The third-order valence-electron chi connectivity index (χ3n) is 3.80. The van der Waals surface area contributed by atoms with E-state index in [0.717, 1.165) is 18.1 Å². The molecule has 1 aliphatic heterocycles. The van der Waals surface area contributed by atoms with E-state index in [1.54, 1.807) is 18.5 Å². The van der Waals surface area contributed by atoms with Crippen molar-refractivity contribution in [1.29, 1.82) is 0 Å². The molecule has 1 aliphatic rings. The van der Waals surface area contributed by atoms with Gasteiger partial charge in [-0.15, -0.1) is 11.3 Å². The minimum Gasteiger partial charge on any atom is -0.309 e. The van der Waals surface area contributed by atoms with Gasteiger partial charge in [0.25, 0.3) is 0 Å². The van der Waals surface area contributed by atoms with Gasteiger partial charge in [-0.2, -0.15) is 0 Å². The molecule has 4 heterocycles. The summed E-state index contributed by atoms with van der Waals surface area (Å²) < 4.78 is 0. The van der Waals surface area contributed by atoms with Gasteiger partial charge in [0.2, 0.25) is 5.91 Å². The van der Waals surface area contributed by atoms with Crippen LogP contribution in [-0.2, 0) is 4.79 Å². The molecular formula is C18H16N6OS. The van der Waals surface area contributed by atoms with Crippen molar-refractivity contribution in [3.05, 3.63) is 54.2 Å². The van der Waals surface area contributed by atoms with Gasteiger partial charge in [-0.05, 0) is 12.1 Å². The third kappa shape index (κ3) is 3.81. The lowest BCUT2D eigenvalue weighted by atomic mass is 10.3. The van der Waals surface area contributed by atoms with Gasteiger partial charge in [0.05, 0.1) is 6.54 Å². The summed E-state index contributed by atoms with van der Waals surface area (Å²) in [5, 5.41) is 5.52. The monoisotopic (exact) mass is 364 g/mol. The molecule has 0 aliphatic carbocycles. The Balaban J connectivity index is 1.62. The second-order valence-electron chi connectivity index (χ2n) is 5.73. The smallest absolute Gasteiger partial charge is 0.239 e. The molecule has 0 bridgehead atoms. The van der Waals surface area contributed by atoms with Crippen LogP contribution in [-0.4, -0.2) is 50.4 Å². The number of thiazole rings is 1. The molecule has 0 atom stereocenters. The summed E-state index contributed by atoms with van der Waals surface area (Å²) in [5.74, 6) is 0.795. The number of rotatable bonds is 5. The van der Waals surface area contributed by atoms with Crippen LogP contribution < -0.4 is 5.32 Å². The first-order chi connectivity index (χ1) is 12.8. The molecule has 0 fully saturated rings. The van der Waals surface area contributed by atoms with Crippen molar-refractivity contribution in [2.24, 2.45) is 0 Å². The summed E-state index contributed by atoms with van der Waals surface area (Å²) in [6.45, 7) is 1.91. The van der Waals surface area contributed by atoms with Gasteiger partial charge in [0.15, 0.2) is 5.82 Å². The van der Waals surface area contributed by atoms with Crippen LogP contribution in [0.3, 0.4) is 0 Å². The van der Waals surface area contributed by atoms with Crippen molar-refractivity contribution >= 4 is 23.1 Å².